The molecule has 0 bridgehead atoms. The third-order valence-corrected chi connectivity index (χ3v) is 1.89. The van der Waals surface area contributed by atoms with E-state index in [0.717, 1.165) is 5.92 Å². The highest BCUT2D eigenvalue weighted by Crippen LogP contribution is 2.38. The van der Waals surface area contributed by atoms with Crippen LogP contribution in [0, 0.1) is 5.92 Å². The van der Waals surface area contributed by atoms with E-state index in [0.29, 0.717) is 0 Å². The lowest BCUT2D eigenvalue weighted by Crippen LogP contribution is -1.63. The molecule has 0 radical (unpaired) electrons. The van der Waals surface area contributed by atoms with E-state index >= 15 is 0 Å². The number of hydrogen-bond donors (Lipinski definition) is 0. The van der Waals surface area contributed by atoms with Crippen LogP contribution in [0.3, 0.4) is 0 Å². The molecule has 0 spiro atoms. The van der Waals surface area contributed by atoms with Gasteiger partial charge in [-0.25, -0.2) is 0 Å². The Morgan fingerprint density at radius 3 is 3.00 bits per heavy atom. The molecule has 10 heavy (non-hydrogen) atoms. The highest BCUT2D eigenvalue weighted by atomic mass is 14.3. The van der Waals surface area contributed by atoms with Crippen molar-refractivity contribution in [2.75, 3.05) is 0 Å². The van der Waals surface area contributed by atoms with Gasteiger partial charge in [0, 0.05) is 5.92 Å². The minimum atomic E-state index is 0.816. The molecule has 0 heteroatoms. The Hall–Kier alpha value is -0.520. The van der Waals surface area contributed by atoms with Gasteiger partial charge in [0.2, 0.25) is 0 Å². The molecule has 0 heterocycles. The molecule has 1 atom stereocenters. The molecular formula is C10H16. The first-order chi connectivity index (χ1) is 4.88. The number of rotatable bonds is 3. The van der Waals surface area contributed by atoms with Gasteiger partial charge in [0.05, 0.1) is 0 Å². The Bertz CT molecular complexity index is 151. The molecule has 1 fully saturated rings. The highest BCUT2D eigenvalue weighted by Gasteiger charge is 2.25. The maximum Gasteiger partial charge on any atom is 0.00143 e. The standard InChI is InChI=1S/C10H16/c1-3-5-7-10-8-9(10)6-4-2/h4,6-7,9H,3,5,8H2,1-2H3. The molecule has 0 saturated heterocycles. The second-order valence-corrected chi connectivity index (χ2v) is 2.90. The van der Waals surface area contributed by atoms with Crippen molar-refractivity contribution in [3.63, 3.8) is 0 Å². The van der Waals surface area contributed by atoms with Crippen molar-refractivity contribution in [1.29, 1.82) is 0 Å². The zero-order valence-electron chi connectivity index (χ0n) is 6.93. The lowest BCUT2D eigenvalue weighted by molar-refractivity contribution is 0.954. The monoisotopic (exact) mass is 136 g/mol. The summed E-state index contributed by atoms with van der Waals surface area (Å²) in [5.41, 5.74) is 1.65. The van der Waals surface area contributed by atoms with Crippen LogP contribution in [-0.2, 0) is 0 Å². The maximum absolute atomic E-state index is 2.39. The van der Waals surface area contributed by atoms with Crippen molar-refractivity contribution in [1.82, 2.24) is 0 Å². The molecule has 0 N–H and O–H groups in total. The Morgan fingerprint density at radius 1 is 1.60 bits per heavy atom. The fraction of sp³-hybridized carbons (Fsp3) is 0.600. The average molecular weight is 136 g/mol. The lowest BCUT2D eigenvalue weighted by Gasteiger charge is -1.81. The number of unbranched alkanes of at least 4 members (excludes halogenated alkanes) is 1. The molecule has 56 valence electrons. The van der Waals surface area contributed by atoms with Gasteiger partial charge in [-0.2, -0.15) is 0 Å². The second-order valence-electron chi connectivity index (χ2n) is 2.90. The van der Waals surface area contributed by atoms with Crippen molar-refractivity contribution in [3.8, 4) is 0 Å². The van der Waals surface area contributed by atoms with E-state index in [9.17, 15) is 0 Å². The summed E-state index contributed by atoms with van der Waals surface area (Å²) in [5, 5.41) is 0. The van der Waals surface area contributed by atoms with E-state index in [1.807, 2.05) is 0 Å². The summed E-state index contributed by atoms with van der Waals surface area (Å²) in [7, 11) is 0. The fourth-order valence-electron chi connectivity index (χ4n) is 1.18. The van der Waals surface area contributed by atoms with E-state index in [-0.39, 0.29) is 0 Å². The lowest BCUT2D eigenvalue weighted by atomic mass is 10.3. The minimum Gasteiger partial charge on any atom is -0.0910 e. The zero-order chi connectivity index (χ0) is 7.40. The van der Waals surface area contributed by atoms with E-state index < -0.39 is 0 Å². The summed E-state index contributed by atoms with van der Waals surface area (Å²) in [6.07, 6.45) is 10.7. The molecular weight excluding hydrogens is 120 g/mol. The van der Waals surface area contributed by atoms with Crippen LogP contribution in [0.1, 0.15) is 33.1 Å². The van der Waals surface area contributed by atoms with Crippen LogP contribution >= 0.6 is 0 Å². The van der Waals surface area contributed by atoms with Gasteiger partial charge in [-0.1, -0.05) is 37.1 Å². The van der Waals surface area contributed by atoms with Crippen molar-refractivity contribution >= 4 is 0 Å². The zero-order valence-corrected chi connectivity index (χ0v) is 6.93. The Kier molecular flexibility index (Phi) is 2.73. The first-order valence-electron chi connectivity index (χ1n) is 4.20. The molecule has 0 aromatic heterocycles. The summed E-state index contributed by atoms with van der Waals surface area (Å²) in [4.78, 5) is 0. The van der Waals surface area contributed by atoms with Gasteiger partial charge in [-0.05, 0) is 19.8 Å². The van der Waals surface area contributed by atoms with E-state index in [1.54, 1.807) is 5.57 Å². The third-order valence-electron chi connectivity index (χ3n) is 1.89. The van der Waals surface area contributed by atoms with Gasteiger partial charge in [0.25, 0.3) is 0 Å². The minimum absolute atomic E-state index is 0.816. The quantitative estimate of drug-likeness (QED) is 0.522. The third kappa shape index (κ3) is 2.02. The van der Waals surface area contributed by atoms with Gasteiger partial charge >= 0.3 is 0 Å². The first-order valence-corrected chi connectivity index (χ1v) is 4.20. The summed E-state index contributed by atoms with van der Waals surface area (Å²) in [6.45, 7) is 4.32. The topological polar surface area (TPSA) is 0 Å². The Balaban J connectivity index is 2.23. The van der Waals surface area contributed by atoms with Crippen LogP contribution in [-0.4, -0.2) is 0 Å². The van der Waals surface area contributed by atoms with Crippen molar-refractivity contribution in [3.05, 3.63) is 23.8 Å². The van der Waals surface area contributed by atoms with Gasteiger partial charge in [0.1, 0.15) is 0 Å². The van der Waals surface area contributed by atoms with Crippen LogP contribution in [0.5, 0.6) is 0 Å². The summed E-state index contributed by atoms with van der Waals surface area (Å²) in [5.74, 6) is 0.816. The van der Waals surface area contributed by atoms with Gasteiger partial charge in [0.15, 0.2) is 0 Å². The van der Waals surface area contributed by atoms with Gasteiger partial charge in [-0.3, -0.25) is 0 Å². The molecule has 0 aliphatic heterocycles. The smallest absolute Gasteiger partial charge is 0.00143 e. The van der Waals surface area contributed by atoms with Crippen LogP contribution in [0.2, 0.25) is 0 Å². The Labute approximate surface area is 63.6 Å². The molecule has 1 aliphatic carbocycles. The number of hydrogen-bond acceptors (Lipinski definition) is 0. The molecule has 0 aromatic carbocycles. The average Bonchev–Trinajstić information content (AvgIpc) is 2.65. The predicted molar refractivity (Wildman–Crippen MR) is 45.9 cm³/mol. The van der Waals surface area contributed by atoms with Crippen molar-refractivity contribution < 1.29 is 0 Å². The van der Waals surface area contributed by atoms with Crippen LogP contribution in [0.4, 0.5) is 0 Å². The highest BCUT2D eigenvalue weighted by molar-refractivity contribution is 5.29. The molecule has 0 aromatic rings. The number of allylic oxidation sites excluding steroid dienone is 4. The summed E-state index contributed by atoms with van der Waals surface area (Å²) >= 11 is 0. The molecule has 1 unspecified atom stereocenters. The van der Waals surface area contributed by atoms with Crippen LogP contribution in [0.15, 0.2) is 23.8 Å². The molecule has 0 nitrogen and oxygen atoms in total. The molecule has 0 amide bonds. The van der Waals surface area contributed by atoms with Crippen molar-refractivity contribution in [2.45, 2.75) is 33.1 Å². The van der Waals surface area contributed by atoms with E-state index in [1.165, 1.54) is 19.3 Å². The summed E-state index contributed by atoms with van der Waals surface area (Å²) in [6, 6.07) is 0. The predicted octanol–water partition coefficient (Wildman–Crippen LogP) is 3.31. The second kappa shape index (κ2) is 3.60. The van der Waals surface area contributed by atoms with E-state index in [2.05, 4.69) is 32.1 Å². The summed E-state index contributed by atoms with van der Waals surface area (Å²) < 4.78 is 0. The molecule has 1 saturated carbocycles. The largest absolute Gasteiger partial charge is 0.0910 e. The fourth-order valence-corrected chi connectivity index (χ4v) is 1.18. The normalized spacial score (nSPS) is 28.2. The van der Waals surface area contributed by atoms with Crippen molar-refractivity contribution in [2.24, 2.45) is 5.92 Å². The Morgan fingerprint density at radius 2 is 2.40 bits per heavy atom. The first kappa shape index (κ1) is 7.59. The molecule has 1 rings (SSSR count). The van der Waals surface area contributed by atoms with Gasteiger partial charge in [-0.15, -0.1) is 0 Å². The SMILES string of the molecule is CC=CC1CC1=CCCC. The van der Waals surface area contributed by atoms with Gasteiger partial charge < -0.3 is 0 Å². The maximum atomic E-state index is 2.39. The van der Waals surface area contributed by atoms with E-state index in [4.69, 9.17) is 0 Å². The van der Waals surface area contributed by atoms with Crippen LogP contribution in [0.25, 0.3) is 0 Å². The molecule has 1 aliphatic rings. The van der Waals surface area contributed by atoms with Crippen LogP contribution < -0.4 is 0 Å².